The van der Waals surface area contributed by atoms with E-state index in [1.807, 2.05) is 0 Å². The second-order valence-corrected chi connectivity index (χ2v) is 3.51. The first-order chi connectivity index (χ1) is 9.04. The molecule has 0 saturated carbocycles. The Labute approximate surface area is 108 Å². The van der Waals surface area contributed by atoms with Crippen LogP contribution in [0.1, 0.15) is 24.0 Å². The van der Waals surface area contributed by atoms with Gasteiger partial charge in [0.1, 0.15) is 12.2 Å². The number of nitro benzene ring substituents is 1. The third-order valence-corrected chi connectivity index (χ3v) is 2.37. The fourth-order valence-corrected chi connectivity index (χ4v) is 1.52. The van der Waals surface area contributed by atoms with Gasteiger partial charge in [0.15, 0.2) is 0 Å². The molecule has 1 aromatic carbocycles. The molecule has 98 valence electrons. The molecule has 0 aliphatic heterocycles. The van der Waals surface area contributed by atoms with E-state index in [1.165, 1.54) is 12.1 Å². The number of carbonyl (C=O) groups is 2. The number of aldehydes is 1. The minimum Gasteiger partial charge on any atom is -0.465 e. The van der Waals surface area contributed by atoms with Gasteiger partial charge in [0.25, 0.3) is 5.69 Å². The predicted molar refractivity (Wildman–Crippen MR) is 63.2 cm³/mol. The Balaban J connectivity index is 3.31. The van der Waals surface area contributed by atoms with E-state index >= 15 is 0 Å². The second kappa shape index (κ2) is 6.26. The molecular weight excluding hydrogens is 252 g/mol. The molecule has 7 nitrogen and oxygen atoms in total. The lowest BCUT2D eigenvalue weighted by molar-refractivity contribution is -0.385. The van der Waals surface area contributed by atoms with E-state index in [0.717, 1.165) is 6.07 Å². The highest BCUT2D eigenvalue weighted by molar-refractivity contribution is 5.95. The predicted octanol–water partition coefficient (Wildman–Crippen LogP) is 1.31. The van der Waals surface area contributed by atoms with Crippen LogP contribution < -0.4 is 0 Å². The van der Waals surface area contributed by atoms with Crippen molar-refractivity contribution in [2.24, 2.45) is 0 Å². The van der Waals surface area contributed by atoms with E-state index in [9.17, 15) is 19.7 Å². The van der Waals surface area contributed by atoms with Crippen molar-refractivity contribution in [1.29, 1.82) is 5.26 Å². The van der Waals surface area contributed by atoms with Crippen molar-refractivity contribution in [3.8, 4) is 6.07 Å². The number of nitrogens with zero attached hydrogens (tertiary/aromatic N) is 2. The number of rotatable bonds is 5. The van der Waals surface area contributed by atoms with E-state index in [-0.39, 0.29) is 24.0 Å². The number of ether oxygens (including phenoxy) is 1. The SMILES string of the molecule is CCOC(=O)C(C=O)c1ccc(C#N)cc1[N+](=O)[O-]. The number of hydrogen-bond acceptors (Lipinski definition) is 6. The van der Waals surface area contributed by atoms with Crippen LogP contribution in [-0.2, 0) is 14.3 Å². The summed E-state index contributed by atoms with van der Waals surface area (Å²) < 4.78 is 4.68. The Bertz CT molecular complexity index is 562. The Morgan fingerprint density at radius 1 is 1.63 bits per heavy atom. The second-order valence-electron chi connectivity index (χ2n) is 3.51. The lowest BCUT2D eigenvalue weighted by Crippen LogP contribution is -2.18. The lowest BCUT2D eigenvalue weighted by atomic mass is 9.97. The van der Waals surface area contributed by atoms with Crippen LogP contribution in [0.15, 0.2) is 18.2 Å². The number of nitro groups is 1. The molecule has 0 heterocycles. The molecule has 0 bridgehead atoms. The van der Waals surface area contributed by atoms with Crippen molar-refractivity contribution >= 4 is 17.9 Å². The quantitative estimate of drug-likeness (QED) is 0.260. The molecule has 0 fully saturated rings. The zero-order valence-electron chi connectivity index (χ0n) is 10.0. The average Bonchev–Trinajstić information content (AvgIpc) is 2.40. The zero-order chi connectivity index (χ0) is 14.4. The zero-order valence-corrected chi connectivity index (χ0v) is 10.0. The van der Waals surface area contributed by atoms with E-state index in [4.69, 9.17) is 5.26 Å². The van der Waals surface area contributed by atoms with E-state index in [2.05, 4.69) is 4.74 Å². The summed E-state index contributed by atoms with van der Waals surface area (Å²) in [6.45, 7) is 1.63. The van der Waals surface area contributed by atoms with Gasteiger partial charge in [-0.05, 0) is 19.1 Å². The van der Waals surface area contributed by atoms with Gasteiger partial charge in [-0.1, -0.05) is 0 Å². The highest BCUT2D eigenvalue weighted by atomic mass is 16.6. The summed E-state index contributed by atoms with van der Waals surface area (Å²) in [4.78, 5) is 32.7. The molecule has 0 radical (unpaired) electrons. The fraction of sp³-hybridized carbons (Fsp3) is 0.250. The minimum atomic E-state index is -1.37. The Morgan fingerprint density at radius 2 is 2.32 bits per heavy atom. The van der Waals surface area contributed by atoms with Gasteiger partial charge in [-0.15, -0.1) is 0 Å². The Hall–Kier alpha value is -2.75. The topological polar surface area (TPSA) is 110 Å². The first kappa shape index (κ1) is 14.3. The number of hydrogen-bond donors (Lipinski definition) is 0. The summed E-state index contributed by atoms with van der Waals surface area (Å²) >= 11 is 0. The molecule has 1 rings (SSSR count). The first-order valence-electron chi connectivity index (χ1n) is 5.35. The van der Waals surface area contributed by atoms with Gasteiger partial charge in [0.05, 0.1) is 28.7 Å². The van der Waals surface area contributed by atoms with Crippen LogP contribution in [0.4, 0.5) is 5.69 Å². The molecule has 0 aromatic heterocycles. The highest BCUT2D eigenvalue weighted by Gasteiger charge is 2.29. The maximum atomic E-state index is 11.6. The average molecular weight is 262 g/mol. The van der Waals surface area contributed by atoms with Crippen LogP contribution >= 0.6 is 0 Å². The van der Waals surface area contributed by atoms with E-state index < -0.39 is 22.5 Å². The third-order valence-electron chi connectivity index (χ3n) is 2.37. The molecule has 0 aliphatic rings. The number of carbonyl (C=O) groups excluding carboxylic acids is 2. The van der Waals surface area contributed by atoms with Crippen molar-refractivity contribution in [1.82, 2.24) is 0 Å². The van der Waals surface area contributed by atoms with Crippen LogP contribution in [0, 0.1) is 21.4 Å². The molecule has 7 heteroatoms. The summed E-state index contributed by atoms with van der Waals surface area (Å²) in [6.07, 6.45) is 0.284. The van der Waals surface area contributed by atoms with Gasteiger partial charge in [-0.25, -0.2) is 0 Å². The molecular formula is C12H10N2O5. The van der Waals surface area contributed by atoms with Gasteiger partial charge < -0.3 is 9.53 Å². The highest BCUT2D eigenvalue weighted by Crippen LogP contribution is 2.27. The molecule has 0 N–H and O–H groups in total. The van der Waals surface area contributed by atoms with Crippen LogP contribution in [0.25, 0.3) is 0 Å². The molecule has 19 heavy (non-hydrogen) atoms. The summed E-state index contributed by atoms with van der Waals surface area (Å²) in [5.41, 5.74) is -0.467. The van der Waals surface area contributed by atoms with E-state index in [0.29, 0.717) is 0 Å². The van der Waals surface area contributed by atoms with Crippen molar-refractivity contribution in [2.45, 2.75) is 12.8 Å². The van der Waals surface area contributed by atoms with Crippen molar-refractivity contribution < 1.29 is 19.2 Å². The van der Waals surface area contributed by atoms with Crippen molar-refractivity contribution in [3.05, 3.63) is 39.4 Å². The van der Waals surface area contributed by atoms with Crippen LogP contribution in [-0.4, -0.2) is 23.8 Å². The van der Waals surface area contributed by atoms with E-state index in [1.54, 1.807) is 13.0 Å². The van der Waals surface area contributed by atoms with Crippen LogP contribution in [0.2, 0.25) is 0 Å². The molecule has 0 amide bonds. The summed E-state index contributed by atoms with van der Waals surface area (Å²) in [7, 11) is 0. The Morgan fingerprint density at radius 3 is 2.79 bits per heavy atom. The third kappa shape index (κ3) is 3.13. The largest absolute Gasteiger partial charge is 0.465 e. The summed E-state index contributed by atoms with van der Waals surface area (Å²) in [5, 5.41) is 19.6. The minimum absolute atomic E-state index is 0.0627. The number of nitriles is 1. The molecule has 1 aromatic rings. The molecule has 1 atom stereocenters. The van der Waals surface area contributed by atoms with Crippen molar-refractivity contribution in [3.63, 3.8) is 0 Å². The fourth-order valence-electron chi connectivity index (χ4n) is 1.52. The van der Waals surface area contributed by atoms with Gasteiger partial charge in [0.2, 0.25) is 0 Å². The maximum absolute atomic E-state index is 11.6. The maximum Gasteiger partial charge on any atom is 0.320 e. The van der Waals surface area contributed by atoms with Gasteiger partial charge >= 0.3 is 5.97 Å². The van der Waals surface area contributed by atoms with Gasteiger partial charge in [-0.3, -0.25) is 14.9 Å². The van der Waals surface area contributed by atoms with Crippen LogP contribution in [0.3, 0.4) is 0 Å². The molecule has 0 aliphatic carbocycles. The molecule has 1 unspecified atom stereocenters. The number of benzene rings is 1. The molecule has 0 saturated heterocycles. The first-order valence-corrected chi connectivity index (χ1v) is 5.35. The number of esters is 1. The van der Waals surface area contributed by atoms with Gasteiger partial charge in [0, 0.05) is 6.07 Å². The van der Waals surface area contributed by atoms with Gasteiger partial charge in [-0.2, -0.15) is 5.26 Å². The monoisotopic (exact) mass is 262 g/mol. The summed E-state index contributed by atoms with van der Waals surface area (Å²) in [6, 6.07) is 5.29. The Kier molecular flexibility index (Phi) is 4.71. The standard InChI is InChI=1S/C12H10N2O5/c1-2-19-12(16)10(7-15)9-4-3-8(6-13)5-11(9)14(17)18/h3-5,7,10H,2H2,1H3. The van der Waals surface area contributed by atoms with Crippen molar-refractivity contribution in [2.75, 3.05) is 6.61 Å². The summed E-state index contributed by atoms with van der Waals surface area (Å²) in [5.74, 6) is -2.22. The normalized spacial score (nSPS) is 11.2. The molecule has 0 spiro atoms. The lowest BCUT2D eigenvalue weighted by Gasteiger charge is -2.10. The van der Waals surface area contributed by atoms with Crippen LogP contribution in [0.5, 0.6) is 0 Å². The smallest absolute Gasteiger partial charge is 0.320 e.